The zero-order valence-corrected chi connectivity index (χ0v) is 18.6. The van der Waals surface area contributed by atoms with Crippen molar-refractivity contribution in [2.24, 2.45) is 11.5 Å². The van der Waals surface area contributed by atoms with Crippen molar-refractivity contribution in [1.82, 2.24) is 0 Å². The monoisotopic (exact) mass is 394 g/mol. The van der Waals surface area contributed by atoms with E-state index in [0.29, 0.717) is 6.42 Å². The molecule has 1 aromatic rings. The molecule has 2 aliphatic rings. The topological polar surface area (TPSA) is 96.1 Å². The second kappa shape index (κ2) is 14.5. The second-order valence-corrected chi connectivity index (χ2v) is 7.20. The van der Waals surface area contributed by atoms with Gasteiger partial charge in [0.05, 0.1) is 11.6 Å². The number of carbonyl (C=O) groups is 1. The number of rotatable bonds is 3. The van der Waals surface area contributed by atoms with Gasteiger partial charge in [-0.15, -0.1) is 11.3 Å². The first kappa shape index (κ1) is 25.4. The predicted molar refractivity (Wildman–Crippen MR) is 117 cm³/mol. The maximum Gasteiger partial charge on any atom is 0.234 e. The van der Waals surface area contributed by atoms with Gasteiger partial charge in [0.1, 0.15) is 11.1 Å². The summed E-state index contributed by atoms with van der Waals surface area (Å²) in [5, 5.41) is 10.6. The first-order valence-electron chi connectivity index (χ1n) is 10.4. The summed E-state index contributed by atoms with van der Waals surface area (Å²) in [4.78, 5) is 13.9. The van der Waals surface area contributed by atoms with Crippen LogP contribution in [0, 0.1) is 11.3 Å². The van der Waals surface area contributed by atoms with Gasteiger partial charge in [-0.05, 0) is 50.5 Å². The SMILES string of the molecule is CC.CC.CC[C@H](N)C(N)=O.N#Cc1c(N2CCCC2)sc2c1CCCC2. The van der Waals surface area contributed by atoms with E-state index in [1.807, 2.05) is 46.0 Å². The number of nitrogens with zero attached hydrogens (tertiary/aromatic N) is 2. The Hall–Kier alpha value is -1.58. The van der Waals surface area contributed by atoms with E-state index >= 15 is 0 Å². The van der Waals surface area contributed by atoms with Crippen LogP contribution >= 0.6 is 11.3 Å². The van der Waals surface area contributed by atoms with Crippen molar-refractivity contribution in [3.8, 4) is 6.07 Å². The molecule has 1 atom stereocenters. The maximum absolute atomic E-state index is 10.0. The Balaban J connectivity index is 0.000000524. The lowest BCUT2D eigenvalue weighted by atomic mass is 9.96. The molecule has 4 N–H and O–H groups in total. The van der Waals surface area contributed by atoms with Crippen molar-refractivity contribution < 1.29 is 4.79 Å². The van der Waals surface area contributed by atoms with E-state index in [-0.39, 0.29) is 0 Å². The molecule has 0 saturated carbocycles. The van der Waals surface area contributed by atoms with Gasteiger partial charge in [0.15, 0.2) is 0 Å². The highest BCUT2D eigenvalue weighted by Gasteiger charge is 2.25. The largest absolute Gasteiger partial charge is 0.368 e. The van der Waals surface area contributed by atoms with Crippen molar-refractivity contribution in [2.45, 2.75) is 85.6 Å². The molecule has 5 nitrogen and oxygen atoms in total. The van der Waals surface area contributed by atoms with Crippen LogP contribution in [0.15, 0.2) is 0 Å². The number of primary amides is 1. The van der Waals surface area contributed by atoms with Crippen molar-refractivity contribution >= 4 is 22.2 Å². The predicted octanol–water partition coefficient (Wildman–Crippen LogP) is 4.36. The van der Waals surface area contributed by atoms with Gasteiger partial charge < -0.3 is 16.4 Å². The lowest BCUT2D eigenvalue weighted by Crippen LogP contribution is -2.35. The highest BCUT2D eigenvalue weighted by molar-refractivity contribution is 7.16. The number of thiophene rings is 1. The Bertz CT molecular complexity index is 586. The molecule has 1 fully saturated rings. The standard InChI is InChI=1S/C13H16N2S.C4H10N2O.2C2H6/c14-9-11-10-5-1-2-6-12(10)16-13(11)15-7-3-4-8-15;1-2-3(5)4(6)7;2*1-2/h1-8H2;3H,2,5H2,1H3,(H2,6,7);2*1-2H3/t;3-;;/m.0../s1. The average Bonchev–Trinajstić information content (AvgIpc) is 3.38. The summed E-state index contributed by atoms with van der Waals surface area (Å²) in [5.74, 6) is -0.428. The summed E-state index contributed by atoms with van der Waals surface area (Å²) in [5.41, 5.74) is 12.3. The molecule has 0 bridgehead atoms. The quantitative estimate of drug-likeness (QED) is 0.796. The van der Waals surface area contributed by atoms with Crippen LogP contribution in [0.5, 0.6) is 0 Å². The molecule has 154 valence electrons. The van der Waals surface area contributed by atoms with E-state index < -0.39 is 11.9 Å². The van der Waals surface area contributed by atoms with Crippen LogP contribution < -0.4 is 16.4 Å². The number of anilines is 1. The van der Waals surface area contributed by atoms with Gasteiger partial charge in [0.25, 0.3) is 0 Å². The van der Waals surface area contributed by atoms with Gasteiger partial charge in [-0.3, -0.25) is 4.79 Å². The second-order valence-electron chi connectivity index (χ2n) is 6.11. The van der Waals surface area contributed by atoms with E-state index in [9.17, 15) is 10.1 Å². The van der Waals surface area contributed by atoms with E-state index in [0.717, 1.165) is 25.1 Å². The molecule has 1 aromatic heterocycles. The molecule has 2 heterocycles. The van der Waals surface area contributed by atoms with Crippen molar-refractivity contribution in [3.05, 3.63) is 16.0 Å². The molecule has 6 heteroatoms. The maximum atomic E-state index is 10.0. The Labute approximate surface area is 169 Å². The van der Waals surface area contributed by atoms with Gasteiger partial charge in [-0.2, -0.15) is 5.26 Å². The molecular weight excluding hydrogens is 356 g/mol. The molecule has 1 amide bonds. The lowest BCUT2D eigenvalue weighted by molar-refractivity contribution is -0.119. The first-order valence-corrected chi connectivity index (χ1v) is 11.2. The Kier molecular flexibility index (Phi) is 13.6. The summed E-state index contributed by atoms with van der Waals surface area (Å²) < 4.78 is 0. The van der Waals surface area contributed by atoms with E-state index in [2.05, 4.69) is 11.0 Å². The van der Waals surface area contributed by atoms with Gasteiger partial charge in [-0.1, -0.05) is 34.6 Å². The minimum atomic E-state index is -0.458. The van der Waals surface area contributed by atoms with E-state index in [4.69, 9.17) is 11.5 Å². The lowest BCUT2D eigenvalue weighted by Gasteiger charge is -2.15. The van der Waals surface area contributed by atoms with Crippen molar-refractivity contribution in [3.63, 3.8) is 0 Å². The van der Waals surface area contributed by atoms with E-state index in [1.54, 1.807) is 0 Å². The number of hydrogen-bond acceptors (Lipinski definition) is 5. The molecule has 27 heavy (non-hydrogen) atoms. The number of fused-ring (bicyclic) bond motifs is 1. The van der Waals surface area contributed by atoms with Crippen LogP contribution in [-0.2, 0) is 17.6 Å². The molecule has 3 rings (SSSR count). The summed E-state index contributed by atoms with van der Waals surface area (Å²) in [6.07, 6.45) is 8.08. The third-order valence-corrected chi connectivity index (χ3v) is 5.82. The molecular formula is C21H38N4OS. The molecule has 1 saturated heterocycles. The highest BCUT2D eigenvalue weighted by Crippen LogP contribution is 2.40. The minimum Gasteiger partial charge on any atom is -0.368 e. The number of amides is 1. The van der Waals surface area contributed by atoms with Crippen LogP contribution in [0.1, 0.15) is 82.7 Å². The summed E-state index contributed by atoms with van der Waals surface area (Å²) in [6, 6.07) is 1.99. The zero-order valence-electron chi connectivity index (χ0n) is 17.8. The fourth-order valence-electron chi connectivity index (χ4n) is 3.01. The molecule has 1 aliphatic carbocycles. The van der Waals surface area contributed by atoms with Gasteiger partial charge in [0.2, 0.25) is 5.91 Å². The summed E-state index contributed by atoms with van der Waals surface area (Å²) in [6.45, 7) is 12.1. The molecule has 0 aromatic carbocycles. The van der Waals surface area contributed by atoms with Gasteiger partial charge >= 0.3 is 0 Å². The Morgan fingerprint density at radius 2 is 1.70 bits per heavy atom. The number of nitriles is 1. The number of carbonyl (C=O) groups excluding carboxylic acids is 1. The van der Waals surface area contributed by atoms with Gasteiger partial charge in [0, 0.05) is 18.0 Å². The third kappa shape index (κ3) is 7.51. The molecule has 0 spiro atoms. The fraction of sp³-hybridized carbons (Fsp3) is 0.714. The zero-order chi connectivity index (χ0) is 20.8. The first-order chi connectivity index (χ1) is 13.1. The summed E-state index contributed by atoms with van der Waals surface area (Å²) in [7, 11) is 0. The van der Waals surface area contributed by atoms with Crippen molar-refractivity contribution in [1.29, 1.82) is 5.26 Å². The molecule has 1 aliphatic heterocycles. The minimum absolute atomic E-state index is 0.428. The van der Waals surface area contributed by atoms with E-state index in [1.165, 1.54) is 47.5 Å². The normalized spacial score (nSPS) is 15.5. The van der Waals surface area contributed by atoms with Crippen LogP contribution in [-0.4, -0.2) is 25.0 Å². The molecule has 0 unspecified atom stereocenters. The van der Waals surface area contributed by atoms with Crippen LogP contribution in [0.4, 0.5) is 5.00 Å². The van der Waals surface area contributed by atoms with Crippen LogP contribution in [0.2, 0.25) is 0 Å². The van der Waals surface area contributed by atoms with Crippen molar-refractivity contribution in [2.75, 3.05) is 18.0 Å². The smallest absolute Gasteiger partial charge is 0.234 e. The highest BCUT2D eigenvalue weighted by atomic mass is 32.1. The molecule has 0 radical (unpaired) electrons. The van der Waals surface area contributed by atoms with Crippen LogP contribution in [0.3, 0.4) is 0 Å². The average molecular weight is 395 g/mol. The Morgan fingerprint density at radius 3 is 2.15 bits per heavy atom. The van der Waals surface area contributed by atoms with Gasteiger partial charge in [-0.25, -0.2) is 0 Å². The third-order valence-electron chi connectivity index (χ3n) is 4.46. The number of nitrogens with two attached hydrogens (primary N) is 2. The fourth-order valence-corrected chi connectivity index (χ4v) is 4.40. The number of aryl methyl sites for hydroxylation is 1. The summed E-state index contributed by atoms with van der Waals surface area (Å²) >= 11 is 1.89. The van der Waals surface area contributed by atoms with Crippen LogP contribution in [0.25, 0.3) is 0 Å². The number of hydrogen-bond donors (Lipinski definition) is 2. The Morgan fingerprint density at radius 1 is 1.15 bits per heavy atom.